The van der Waals surface area contributed by atoms with Crippen LogP contribution < -0.4 is 10.2 Å². The summed E-state index contributed by atoms with van der Waals surface area (Å²) in [6.07, 6.45) is 0.00793. The number of carbonyl (C=O) groups is 1. The molecular weight excluding hydrogens is 246 g/mol. The molecule has 5 nitrogen and oxygen atoms in total. The first-order valence-corrected chi connectivity index (χ1v) is 5.96. The molecule has 2 N–H and O–H groups in total. The first-order valence-electron chi connectivity index (χ1n) is 5.96. The second-order valence-electron chi connectivity index (χ2n) is 4.63. The van der Waals surface area contributed by atoms with Gasteiger partial charge in [0.1, 0.15) is 11.4 Å². The number of hydrogen-bond donors (Lipinski definition) is 2. The van der Waals surface area contributed by atoms with Gasteiger partial charge in [-0.3, -0.25) is 4.79 Å². The molecule has 0 amide bonds. The van der Waals surface area contributed by atoms with Gasteiger partial charge in [-0.25, -0.2) is 4.79 Å². The number of aromatic amines is 1. The van der Waals surface area contributed by atoms with E-state index < -0.39 is 5.97 Å². The number of aromatic nitrogens is 1. The van der Waals surface area contributed by atoms with Gasteiger partial charge < -0.3 is 14.8 Å². The number of pyridine rings is 1. The Labute approximate surface area is 109 Å². The Morgan fingerprint density at radius 2 is 2.05 bits per heavy atom. The molecule has 0 bridgehead atoms. The molecule has 0 spiro atoms. The fourth-order valence-corrected chi connectivity index (χ4v) is 1.93. The number of carboxylic acids is 1. The third-order valence-corrected chi connectivity index (χ3v) is 2.80. The zero-order valence-electron chi connectivity index (χ0n) is 11.0. The number of nitrogens with one attached hydrogen (secondary N) is 1. The molecule has 0 aliphatic rings. The molecule has 1 heterocycles. The van der Waals surface area contributed by atoms with Gasteiger partial charge in [0, 0.05) is 17.0 Å². The van der Waals surface area contributed by atoms with Crippen LogP contribution in [0.25, 0.3) is 10.9 Å². The quantitative estimate of drug-likeness (QED) is 0.888. The van der Waals surface area contributed by atoms with Crippen LogP contribution in [0.4, 0.5) is 0 Å². The van der Waals surface area contributed by atoms with Crippen molar-refractivity contribution in [1.82, 2.24) is 4.98 Å². The maximum atomic E-state index is 12.1. The number of H-pyrrole nitrogens is 1. The van der Waals surface area contributed by atoms with Gasteiger partial charge in [-0.15, -0.1) is 0 Å². The highest BCUT2D eigenvalue weighted by Crippen LogP contribution is 2.19. The molecule has 0 saturated carbocycles. The summed E-state index contributed by atoms with van der Waals surface area (Å²) in [6.45, 7) is 5.29. The second-order valence-corrected chi connectivity index (χ2v) is 4.63. The van der Waals surface area contributed by atoms with Crippen LogP contribution in [0, 0.1) is 6.92 Å². The normalized spacial score (nSPS) is 10.9. The van der Waals surface area contributed by atoms with E-state index in [0.29, 0.717) is 16.7 Å². The highest BCUT2D eigenvalue weighted by Gasteiger charge is 2.14. The smallest absolute Gasteiger partial charge is 0.352 e. The number of aromatic carboxylic acids is 1. The average molecular weight is 261 g/mol. The third-order valence-electron chi connectivity index (χ3n) is 2.80. The molecule has 0 aliphatic carbocycles. The standard InChI is InChI=1S/C14H15NO4/c1-7(2)19-9-4-5-10-11(6-9)15-12(14(17)18)8(3)13(10)16/h4-7H,1-3H3,(H,15,16)(H,17,18). The molecule has 0 saturated heterocycles. The molecule has 0 aliphatic heterocycles. The van der Waals surface area contributed by atoms with Crippen molar-refractivity contribution in [3.63, 3.8) is 0 Å². The van der Waals surface area contributed by atoms with E-state index in [1.165, 1.54) is 6.92 Å². The van der Waals surface area contributed by atoms with Crippen LogP contribution in [0.15, 0.2) is 23.0 Å². The van der Waals surface area contributed by atoms with Crippen LogP contribution in [0.3, 0.4) is 0 Å². The van der Waals surface area contributed by atoms with Crippen molar-refractivity contribution >= 4 is 16.9 Å². The van der Waals surface area contributed by atoms with Crippen molar-refractivity contribution < 1.29 is 14.6 Å². The zero-order chi connectivity index (χ0) is 14.2. The molecule has 1 aromatic carbocycles. The Morgan fingerprint density at radius 1 is 1.37 bits per heavy atom. The molecule has 100 valence electrons. The third kappa shape index (κ3) is 2.45. The van der Waals surface area contributed by atoms with E-state index in [9.17, 15) is 9.59 Å². The zero-order valence-corrected chi connectivity index (χ0v) is 11.0. The molecule has 1 aromatic heterocycles. The van der Waals surface area contributed by atoms with Crippen LogP contribution in [-0.2, 0) is 0 Å². The van der Waals surface area contributed by atoms with E-state index >= 15 is 0 Å². The van der Waals surface area contributed by atoms with Crippen molar-refractivity contribution in [2.45, 2.75) is 26.9 Å². The Hall–Kier alpha value is -2.30. The van der Waals surface area contributed by atoms with Crippen LogP contribution in [0.2, 0.25) is 0 Å². The predicted molar refractivity (Wildman–Crippen MR) is 72.0 cm³/mol. The summed E-state index contributed by atoms with van der Waals surface area (Å²) < 4.78 is 5.52. The summed E-state index contributed by atoms with van der Waals surface area (Å²) in [5, 5.41) is 9.52. The molecule has 2 aromatic rings. The van der Waals surface area contributed by atoms with Gasteiger partial charge in [0.25, 0.3) is 0 Å². The van der Waals surface area contributed by atoms with Crippen LogP contribution in [0.1, 0.15) is 29.9 Å². The van der Waals surface area contributed by atoms with E-state index in [1.807, 2.05) is 13.8 Å². The minimum absolute atomic E-state index is 0.00793. The summed E-state index contributed by atoms with van der Waals surface area (Å²) in [6, 6.07) is 4.99. The highest BCUT2D eigenvalue weighted by atomic mass is 16.5. The largest absolute Gasteiger partial charge is 0.491 e. The fraction of sp³-hybridized carbons (Fsp3) is 0.286. The summed E-state index contributed by atoms with van der Waals surface area (Å²) in [7, 11) is 0. The molecule has 0 fully saturated rings. The van der Waals surface area contributed by atoms with Gasteiger partial charge in [0.05, 0.1) is 11.6 Å². The average Bonchev–Trinajstić information content (AvgIpc) is 2.32. The van der Waals surface area contributed by atoms with Crippen molar-refractivity contribution in [2.75, 3.05) is 0 Å². The summed E-state index contributed by atoms with van der Waals surface area (Å²) in [4.78, 5) is 25.9. The summed E-state index contributed by atoms with van der Waals surface area (Å²) in [5.41, 5.74) is 0.310. The second kappa shape index (κ2) is 4.76. The van der Waals surface area contributed by atoms with Crippen LogP contribution in [-0.4, -0.2) is 22.2 Å². The number of ether oxygens (including phenoxy) is 1. The lowest BCUT2D eigenvalue weighted by atomic mass is 10.1. The number of fused-ring (bicyclic) bond motifs is 1. The lowest BCUT2D eigenvalue weighted by molar-refractivity contribution is 0.0690. The van der Waals surface area contributed by atoms with Gasteiger partial charge in [-0.05, 0) is 32.9 Å². The van der Waals surface area contributed by atoms with Gasteiger partial charge in [0.2, 0.25) is 0 Å². The van der Waals surface area contributed by atoms with E-state index in [4.69, 9.17) is 9.84 Å². The van der Waals surface area contributed by atoms with E-state index in [2.05, 4.69) is 4.98 Å². The van der Waals surface area contributed by atoms with Gasteiger partial charge in [0.15, 0.2) is 5.43 Å². The molecular formula is C14H15NO4. The van der Waals surface area contributed by atoms with Gasteiger partial charge >= 0.3 is 5.97 Å². The minimum atomic E-state index is -1.15. The maximum absolute atomic E-state index is 12.1. The lowest BCUT2D eigenvalue weighted by Crippen LogP contribution is -2.15. The van der Waals surface area contributed by atoms with E-state index in [0.717, 1.165) is 0 Å². The minimum Gasteiger partial charge on any atom is -0.491 e. The first-order chi connectivity index (χ1) is 8.90. The van der Waals surface area contributed by atoms with Crippen molar-refractivity contribution in [3.05, 3.63) is 39.7 Å². The topological polar surface area (TPSA) is 79.4 Å². The molecule has 19 heavy (non-hydrogen) atoms. The van der Waals surface area contributed by atoms with Crippen molar-refractivity contribution in [1.29, 1.82) is 0 Å². The monoisotopic (exact) mass is 261 g/mol. The Bertz CT molecular complexity index is 700. The maximum Gasteiger partial charge on any atom is 0.352 e. The Kier molecular flexibility index (Phi) is 3.29. The van der Waals surface area contributed by atoms with Crippen LogP contribution in [0.5, 0.6) is 5.75 Å². The highest BCUT2D eigenvalue weighted by molar-refractivity contribution is 5.91. The van der Waals surface area contributed by atoms with Crippen LogP contribution >= 0.6 is 0 Å². The summed E-state index contributed by atoms with van der Waals surface area (Å²) in [5.74, 6) is -0.551. The molecule has 0 atom stereocenters. The van der Waals surface area contributed by atoms with Gasteiger partial charge in [-0.1, -0.05) is 0 Å². The Balaban J connectivity index is 2.68. The fourth-order valence-electron chi connectivity index (χ4n) is 1.93. The molecule has 0 radical (unpaired) electrons. The Morgan fingerprint density at radius 3 is 2.63 bits per heavy atom. The number of carboxylic acid groups (broad SMARTS) is 1. The number of hydrogen-bond acceptors (Lipinski definition) is 3. The number of rotatable bonds is 3. The predicted octanol–water partition coefficient (Wildman–Crippen LogP) is 2.32. The van der Waals surface area contributed by atoms with E-state index in [1.54, 1.807) is 18.2 Å². The van der Waals surface area contributed by atoms with E-state index in [-0.39, 0.29) is 22.8 Å². The first kappa shape index (κ1) is 13.1. The molecule has 2 rings (SSSR count). The molecule has 5 heteroatoms. The number of benzene rings is 1. The van der Waals surface area contributed by atoms with Gasteiger partial charge in [-0.2, -0.15) is 0 Å². The summed E-state index contributed by atoms with van der Waals surface area (Å²) >= 11 is 0. The molecule has 0 unspecified atom stereocenters. The van der Waals surface area contributed by atoms with Crippen molar-refractivity contribution in [3.8, 4) is 5.75 Å². The lowest BCUT2D eigenvalue weighted by Gasteiger charge is -2.11. The SMILES string of the molecule is Cc1c(C(=O)O)[nH]c2cc(OC(C)C)ccc2c1=O. The van der Waals surface area contributed by atoms with Crippen molar-refractivity contribution in [2.24, 2.45) is 0 Å².